The summed E-state index contributed by atoms with van der Waals surface area (Å²) in [5, 5.41) is 165. The van der Waals surface area contributed by atoms with Crippen molar-refractivity contribution in [2.45, 2.75) is 298 Å². The van der Waals surface area contributed by atoms with Crippen LogP contribution < -0.4 is 21.3 Å². The minimum absolute atomic E-state index is 0.0135. The van der Waals surface area contributed by atoms with Crippen LogP contribution in [0.4, 0.5) is 40.8 Å². The maximum atomic E-state index is 14.9. The van der Waals surface area contributed by atoms with Crippen LogP contribution in [-0.4, -0.2) is 334 Å². The molecule has 0 spiro atoms. The summed E-state index contributed by atoms with van der Waals surface area (Å²) in [6.07, 6.45) is -32.8. The Balaban J connectivity index is 0.000000164. The van der Waals surface area contributed by atoms with Gasteiger partial charge in [-0.25, -0.2) is 76.2 Å². The van der Waals surface area contributed by atoms with Gasteiger partial charge < -0.3 is 101 Å². The molecule has 8 aliphatic carbocycles. The van der Waals surface area contributed by atoms with Crippen molar-refractivity contribution < 1.29 is 157 Å². The van der Waals surface area contributed by atoms with Crippen molar-refractivity contribution in [2.24, 2.45) is 0 Å². The van der Waals surface area contributed by atoms with E-state index < -0.39 is 380 Å². The van der Waals surface area contributed by atoms with E-state index in [0.29, 0.717) is 10.9 Å². The number of rotatable bonds is 40. The fourth-order valence-electron chi connectivity index (χ4n) is 15.9. The van der Waals surface area contributed by atoms with Crippen molar-refractivity contribution in [1.82, 2.24) is 99.8 Å². The third kappa shape index (κ3) is 23.8. The second-order valence-corrected chi connectivity index (χ2v) is 36.4. The molecule has 12 aromatic rings. The van der Waals surface area contributed by atoms with E-state index in [1.165, 1.54) is 44.1 Å². The monoisotopic (exact) mass is 2120 g/mol. The van der Waals surface area contributed by atoms with Gasteiger partial charge in [-0.05, 0) is 147 Å². The van der Waals surface area contributed by atoms with Crippen molar-refractivity contribution in [3.05, 3.63) is 140 Å². The van der Waals surface area contributed by atoms with Gasteiger partial charge >= 0.3 is 0 Å². The largest absolute Gasteiger partial charge is 0.394 e. The number of benzene rings is 4. The molecule has 0 unspecified atom stereocenters. The average Bonchev–Trinajstić information content (AvgIpc) is 1.50. The van der Waals surface area contributed by atoms with Crippen molar-refractivity contribution in [2.75, 3.05) is 96.8 Å². The highest BCUT2D eigenvalue weighted by Crippen LogP contribution is 2.50. The molecule has 8 aromatic heterocycles. The predicted octanol–water partition coefficient (Wildman–Crippen LogP) is 8.73. The van der Waals surface area contributed by atoms with Crippen LogP contribution in [0.5, 0.6) is 0 Å². The van der Waals surface area contributed by atoms with Crippen molar-refractivity contribution in [1.29, 1.82) is 0 Å². The Labute approximate surface area is 904 Å². The molecule has 48 heteroatoms. The van der Waals surface area contributed by atoms with Gasteiger partial charge in [0.2, 0.25) is 0 Å². The normalized spacial score (nSPS) is 36.6. The molecule has 8 fully saturated rings. The van der Waals surface area contributed by atoms with E-state index in [-0.39, 0.29) is 164 Å². The fourth-order valence-corrected chi connectivity index (χ4v) is 18.0. The number of aliphatic hydroxyl groups is 12. The summed E-state index contributed by atoms with van der Waals surface area (Å²) < 4.78 is 436. The van der Waals surface area contributed by atoms with Crippen LogP contribution in [0, 0.1) is 51.0 Å². The minimum atomic E-state index is -3.51. The lowest BCUT2D eigenvalue weighted by molar-refractivity contribution is -0.0629. The molecule has 0 saturated heterocycles. The number of thioether (sulfide) groups is 4. The highest BCUT2D eigenvalue weighted by atomic mass is 32.2. The first kappa shape index (κ1) is 64.0. The van der Waals surface area contributed by atoms with E-state index >= 15 is 0 Å². The smallest absolute Gasteiger partial charge is 0.191 e. The molecule has 20 rings (SSSR count). The van der Waals surface area contributed by atoms with Crippen molar-refractivity contribution in [3.8, 4) is 0 Å². The first-order valence-corrected chi connectivity index (χ1v) is 47.7. The number of hydrogen-bond donors (Lipinski definition) is 16. The Morgan fingerprint density at radius 3 is 0.993 bits per heavy atom. The zero-order chi connectivity index (χ0) is 140. The zero-order valence-electron chi connectivity index (χ0n) is 120. The number of nitrogens with zero attached hydrogens (tertiary/aromatic N) is 20. The Kier molecular flexibility index (Phi) is 21.0. The molecule has 0 amide bonds. The Morgan fingerprint density at radius 1 is 0.382 bits per heavy atom. The Bertz CT molecular complexity index is 8710. The molecule has 0 radical (unpaired) electrons. The molecule has 0 aliphatic heterocycles. The summed E-state index contributed by atoms with van der Waals surface area (Å²) in [5.74, 6) is -14.4. The van der Waals surface area contributed by atoms with E-state index in [1.807, 2.05) is 6.92 Å². The molecule has 8 aliphatic rings. The van der Waals surface area contributed by atoms with E-state index in [4.69, 9.17) is 83.0 Å². The molecule has 24 atom stereocenters. The number of hydrogen-bond acceptors (Lipinski definition) is 40. The molecular weight excluding hydrogens is 1950 g/mol. The summed E-state index contributed by atoms with van der Waals surface area (Å²) in [4.78, 5) is 34.4. The first-order valence-electron chi connectivity index (χ1n) is 65.8. The van der Waals surface area contributed by atoms with Gasteiger partial charge in [0.15, 0.2) is 88.6 Å². The van der Waals surface area contributed by atoms with E-state index in [1.54, 1.807) is 0 Å². The zero-order valence-corrected chi connectivity index (χ0v) is 80.1. The van der Waals surface area contributed by atoms with E-state index in [9.17, 15) is 73.7 Å². The van der Waals surface area contributed by atoms with Gasteiger partial charge in [-0.2, -0.15) is 0 Å². The van der Waals surface area contributed by atoms with E-state index in [0.717, 1.165) is 41.2 Å². The molecule has 0 bridgehead atoms. The van der Waals surface area contributed by atoms with Gasteiger partial charge in [0.1, 0.15) is 72.1 Å². The molecule has 40 nitrogen and oxygen atoms in total. The Morgan fingerprint density at radius 2 is 0.688 bits per heavy atom. The molecule has 8 heterocycles. The quantitative estimate of drug-likeness (QED) is 0.00969. The first-order chi connectivity index (χ1) is 85.7. The topological polar surface area (TPSA) is 554 Å². The number of nitrogens with one attached hydrogen (secondary N) is 4. The molecule has 8 saturated carbocycles. The number of ether oxygens (including phenoxy) is 4. The number of halogens is 4. The summed E-state index contributed by atoms with van der Waals surface area (Å²) in [6, 6.07) is -19.7. The van der Waals surface area contributed by atoms with Crippen LogP contribution in [0.1, 0.15) is 256 Å². The van der Waals surface area contributed by atoms with Crippen LogP contribution in [0.25, 0.3) is 44.7 Å². The van der Waals surface area contributed by atoms with Gasteiger partial charge in [-0.1, -0.05) is 144 Å². The lowest BCUT2D eigenvalue weighted by Crippen LogP contribution is -2.33. The molecule has 4 aromatic carbocycles. The van der Waals surface area contributed by atoms with Crippen LogP contribution in [0.15, 0.2) is 93.1 Å². The maximum absolute atomic E-state index is 14.9. The second kappa shape index (κ2) is 47.3. The molecule has 776 valence electrons. The van der Waals surface area contributed by atoms with Gasteiger partial charge in [0.25, 0.3) is 0 Å². The third-order valence-corrected chi connectivity index (χ3v) is 26.5. The minimum Gasteiger partial charge on any atom is -0.394 e. The molecular formula is C96H124F4N24O16S4. The Hall–Kier alpha value is -9.52. The van der Waals surface area contributed by atoms with Gasteiger partial charge in [0.05, 0.1) is 130 Å². The SMILES string of the molecule is [2H]c1c([2H])c([C@@]2([2H])[C@H](Nc3nc(SC([2H])([2H])C([2H])([2H])C)nc4c3nnn4[C@@H]3C[C@H](OC([2H])([2H])C([2H])([2H])O)[C@@H](O)[C@H]3O)C2([2H])[2H])c([2H])c(F)c1C.[2H]c1c([2H])c([C@@]2([2H])[C@H](Nc3nc(SC([2H])([2H])C([2H])([2H])C)nc4c3nnn4[C@@H]3C[C@H](OC([2H])([2H])CO)[C@@H](O)[C@H]3O)C2([2H])[2H])c([2H])c(F)c1C.[2H]c1c([2H])c([C@@]2([2H])[C@H](Nc3nc(SC([2H])([2H])C([2H])([2H])C)nc4c3nnn4[C@@H]3C[C@H](OCC([2H])([2H])O)[C@@H](O)[C@H]3O)C2([2H])[2H])c([2H])c(F)c1C.[2H]c1c([2H])c([C@]2([2H])C[C@@]2([2H])Nc2nc(SCCC)nc3c2nnn3[C@@H]2C[C@H](OCCO)[C@@H](O)[C@H]2O)c([2H])c(F)c1C. The van der Waals surface area contributed by atoms with Crippen LogP contribution in [-0.2, 0) is 18.9 Å². The third-order valence-electron chi connectivity index (χ3n) is 23.5. The van der Waals surface area contributed by atoms with Crippen LogP contribution in [0.2, 0.25) is 0 Å². The highest BCUT2D eigenvalue weighted by Gasteiger charge is 2.51. The average molecular weight is 2120 g/mol. The van der Waals surface area contributed by atoms with Crippen molar-refractivity contribution in [3.63, 3.8) is 0 Å². The van der Waals surface area contributed by atoms with Crippen LogP contribution >= 0.6 is 47.0 Å². The standard InChI is InChI=1S/4C24H31FN6O4S/c4*1-3-8-36-24-27-22(26-16-10-14(16)13-5-4-12(2)15(25)9-13)19-23(28-24)31(30-29-19)17-11-18(35-7-6-32)21(34)20(17)33/h4*4-5,9,14,16-18,20-21,32-34H,3,6-8,10-11H2,1-2H3,(H,26,27,28)/t4*14-,16+,17+,18-,20-,21+/m0000/s1/i3D2,4D,5D,6D2,7D2,8D2,9D,10D2,14D;3D2,4D,5D,7D2,8D2,9D,10D2,14D;3D2,4D,5D,6D2,8D2,9D,10D2,14D;4D,5D,9D,14D,16D. The summed E-state index contributed by atoms with van der Waals surface area (Å²) in [5.41, 5.74) is -12.7. The van der Waals surface area contributed by atoms with Crippen LogP contribution in [0.3, 0.4) is 0 Å². The second-order valence-electron chi connectivity index (χ2n) is 33.0. The maximum Gasteiger partial charge on any atom is 0.191 e. The lowest BCUT2D eigenvalue weighted by Gasteiger charge is -2.17. The fraction of sp³-hybridized carbons (Fsp3) is 0.583. The van der Waals surface area contributed by atoms with Gasteiger partial charge in [-0.15, -0.1) is 20.4 Å². The summed E-state index contributed by atoms with van der Waals surface area (Å²) >= 11 is 2.02. The molecule has 144 heavy (non-hydrogen) atoms. The number of fused-ring (bicyclic) bond motifs is 4. The summed E-state index contributed by atoms with van der Waals surface area (Å²) in [6.45, 7) is -4.55. The van der Waals surface area contributed by atoms with Gasteiger partial charge in [-0.3, -0.25) is 0 Å². The van der Waals surface area contributed by atoms with E-state index in [2.05, 4.69) is 102 Å². The number of aromatic nitrogens is 20. The molecule has 16 N–H and O–H groups in total. The lowest BCUT2D eigenvalue weighted by atomic mass is 10.1. The number of aliphatic hydroxyl groups excluding tert-OH is 10. The summed E-state index contributed by atoms with van der Waals surface area (Å²) in [7, 11) is 0. The van der Waals surface area contributed by atoms with Crippen molar-refractivity contribution >= 4 is 115 Å². The predicted molar refractivity (Wildman–Crippen MR) is 530 cm³/mol. The highest BCUT2D eigenvalue weighted by molar-refractivity contribution is 7.99. The number of anilines is 4. The van der Waals surface area contributed by atoms with Gasteiger partial charge in [0, 0.05) is 126 Å².